The lowest BCUT2D eigenvalue weighted by Crippen LogP contribution is -2.32. The summed E-state index contributed by atoms with van der Waals surface area (Å²) in [6, 6.07) is 0.767. The van der Waals surface area contributed by atoms with Crippen molar-refractivity contribution in [2.45, 2.75) is 32.2 Å². The molecular weight excluding hydrogens is 246 g/mol. The van der Waals surface area contributed by atoms with Crippen LogP contribution in [-0.4, -0.2) is 75.4 Å². The average Bonchev–Trinajstić information content (AvgIpc) is 2.88. The van der Waals surface area contributed by atoms with E-state index in [1.807, 2.05) is 0 Å². The second kappa shape index (κ2) is 11.6. The summed E-state index contributed by atoms with van der Waals surface area (Å²) in [7, 11) is 0. The number of aliphatic hydroxyl groups is 1. The minimum Gasteiger partial charge on any atom is -0.394 e. The molecule has 1 heterocycles. The number of nitrogens with zero attached hydrogens (tertiary/aromatic N) is 1. The van der Waals surface area contributed by atoms with Crippen molar-refractivity contribution in [1.29, 1.82) is 0 Å². The molecule has 1 aliphatic rings. The van der Waals surface area contributed by atoms with Crippen molar-refractivity contribution in [1.82, 2.24) is 4.90 Å². The molecule has 0 saturated carbocycles. The van der Waals surface area contributed by atoms with Crippen LogP contribution in [0.2, 0.25) is 0 Å². The first kappa shape index (κ1) is 16.9. The van der Waals surface area contributed by atoms with Gasteiger partial charge in [0.15, 0.2) is 0 Å². The third kappa shape index (κ3) is 7.84. The first-order chi connectivity index (χ1) is 9.38. The largest absolute Gasteiger partial charge is 0.394 e. The molecule has 1 unspecified atom stereocenters. The van der Waals surface area contributed by atoms with Gasteiger partial charge in [0.05, 0.1) is 46.2 Å². The van der Waals surface area contributed by atoms with E-state index in [0.29, 0.717) is 33.0 Å². The molecule has 0 spiro atoms. The lowest BCUT2D eigenvalue weighted by molar-refractivity contribution is 0.00412. The van der Waals surface area contributed by atoms with Crippen LogP contribution in [0.5, 0.6) is 0 Å². The average molecular weight is 275 g/mol. The lowest BCUT2D eigenvalue weighted by atomic mass is 10.2. The molecular formula is C14H29NO4. The molecule has 0 amide bonds. The second-order valence-corrected chi connectivity index (χ2v) is 4.80. The third-order valence-corrected chi connectivity index (χ3v) is 3.47. The van der Waals surface area contributed by atoms with Gasteiger partial charge in [0.25, 0.3) is 0 Å². The zero-order chi connectivity index (χ0) is 13.8. The van der Waals surface area contributed by atoms with Gasteiger partial charge in [0.1, 0.15) is 0 Å². The number of hydrogen-bond acceptors (Lipinski definition) is 5. The van der Waals surface area contributed by atoms with E-state index in [2.05, 4.69) is 11.8 Å². The number of likely N-dealkylation sites (tertiary alicyclic amines) is 1. The van der Waals surface area contributed by atoms with Crippen molar-refractivity contribution in [3.63, 3.8) is 0 Å². The maximum atomic E-state index is 8.50. The van der Waals surface area contributed by atoms with E-state index < -0.39 is 0 Å². The summed E-state index contributed by atoms with van der Waals surface area (Å²) in [5, 5.41) is 8.50. The second-order valence-electron chi connectivity index (χ2n) is 4.80. The molecule has 0 aliphatic carbocycles. The predicted molar refractivity (Wildman–Crippen MR) is 74.4 cm³/mol. The van der Waals surface area contributed by atoms with Crippen LogP contribution in [0.1, 0.15) is 26.2 Å². The van der Waals surface area contributed by atoms with Gasteiger partial charge in [-0.15, -0.1) is 0 Å². The standard InChI is InChI=1S/C14H29NO4/c1-2-14-4-3-5-15(14)6-8-17-10-12-19-13-11-18-9-7-16/h14,16H,2-13H2,1H3. The molecule has 1 N–H and O–H groups in total. The van der Waals surface area contributed by atoms with Crippen molar-refractivity contribution in [3.05, 3.63) is 0 Å². The molecule has 1 saturated heterocycles. The van der Waals surface area contributed by atoms with E-state index >= 15 is 0 Å². The van der Waals surface area contributed by atoms with E-state index in [0.717, 1.165) is 19.2 Å². The molecule has 0 radical (unpaired) electrons. The Labute approximate surface area is 116 Å². The quantitative estimate of drug-likeness (QED) is 0.536. The van der Waals surface area contributed by atoms with Crippen LogP contribution < -0.4 is 0 Å². The van der Waals surface area contributed by atoms with Gasteiger partial charge >= 0.3 is 0 Å². The fraction of sp³-hybridized carbons (Fsp3) is 1.00. The van der Waals surface area contributed by atoms with Gasteiger partial charge in [-0.25, -0.2) is 0 Å². The van der Waals surface area contributed by atoms with Crippen LogP contribution in [0.25, 0.3) is 0 Å². The maximum absolute atomic E-state index is 8.50. The van der Waals surface area contributed by atoms with Crippen LogP contribution in [0.3, 0.4) is 0 Å². The minimum atomic E-state index is 0.0678. The van der Waals surface area contributed by atoms with Crippen molar-refractivity contribution < 1.29 is 19.3 Å². The normalized spacial score (nSPS) is 20.2. The molecule has 5 nitrogen and oxygen atoms in total. The Hall–Kier alpha value is -0.200. The van der Waals surface area contributed by atoms with E-state index in [1.54, 1.807) is 0 Å². The molecule has 5 heteroatoms. The molecule has 114 valence electrons. The molecule has 1 aliphatic heterocycles. The van der Waals surface area contributed by atoms with Gasteiger partial charge in [0.2, 0.25) is 0 Å². The molecule has 0 aromatic heterocycles. The zero-order valence-corrected chi connectivity index (χ0v) is 12.2. The Morgan fingerprint density at radius 3 is 2.26 bits per heavy atom. The van der Waals surface area contributed by atoms with Crippen LogP contribution in [0, 0.1) is 0 Å². The van der Waals surface area contributed by atoms with Gasteiger partial charge in [-0.1, -0.05) is 6.92 Å². The fourth-order valence-corrected chi connectivity index (χ4v) is 2.44. The van der Waals surface area contributed by atoms with Crippen LogP contribution in [-0.2, 0) is 14.2 Å². The van der Waals surface area contributed by atoms with Crippen molar-refractivity contribution >= 4 is 0 Å². The van der Waals surface area contributed by atoms with Crippen LogP contribution in [0.15, 0.2) is 0 Å². The summed E-state index contributed by atoms with van der Waals surface area (Å²) >= 11 is 0. The minimum absolute atomic E-state index is 0.0678. The number of hydrogen-bond donors (Lipinski definition) is 1. The highest BCUT2D eigenvalue weighted by molar-refractivity contribution is 4.77. The topological polar surface area (TPSA) is 51.2 Å². The van der Waals surface area contributed by atoms with Crippen molar-refractivity contribution in [2.24, 2.45) is 0 Å². The summed E-state index contributed by atoms with van der Waals surface area (Å²) in [4.78, 5) is 2.53. The van der Waals surface area contributed by atoms with Gasteiger partial charge in [-0.05, 0) is 25.8 Å². The van der Waals surface area contributed by atoms with E-state index in [9.17, 15) is 0 Å². The lowest BCUT2D eigenvalue weighted by Gasteiger charge is -2.22. The molecule has 1 fully saturated rings. The first-order valence-corrected chi connectivity index (χ1v) is 7.46. The fourth-order valence-electron chi connectivity index (χ4n) is 2.44. The van der Waals surface area contributed by atoms with Gasteiger partial charge < -0.3 is 19.3 Å². The van der Waals surface area contributed by atoms with Gasteiger partial charge in [0, 0.05) is 12.6 Å². The first-order valence-electron chi connectivity index (χ1n) is 7.46. The van der Waals surface area contributed by atoms with E-state index in [-0.39, 0.29) is 6.61 Å². The highest BCUT2D eigenvalue weighted by atomic mass is 16.5. The van der Waals surface area contributed by atoms with Gasteiger partial charge in [-0.2, -0.15) is 0 Å². The van der Waals surface area contributed by atoms with Gasteiger partial charge in [-0.3, -0.25) is 4.90 Å². The molecule has 0 aromatic carbocycles. The predicted octanol–water partition coefficient (Wildman–Crippen LogP) is 0.903. The van der Waals surface area contributed by atoms with E-state index in [1.165, 1.54) is 25.8 Å². The van der Waals surface area contributed by atoms with Crippen molar-refractivity contribution in [2.75, 3.05) is 59.3 Å². The summed E-state index contributed by atoms with van der Waals surface area (Å²) in [5.74, 6) is 0. The third-order valence-electron chi connectivity index (χ3n) is 3.47. The highest BCUT2D eigenvalue weighted by Gasteiger charge is 2.21. The summed E-state index contributed by atoms with van der Waals surface area (Å²) in [6.45, 7) is 8.12. The molecule has 1 rings (SSSR count). The Balaban J connectivity index is 1.81. The SMILES string of the molecule is CCC1CCCN1CCOCCOCCOCCO. The Morgan fingerprint density at radius 2 is 1.63 bits per heavy atom. The highest BCUT2D eigenvalue weighted by Crippen LogP contribution is 2.18. The number of ether oxygens (including phenoxy) is 3. The monoisotopic (exact) mass is 275 g/mol. The van der Waals surface area contributed by atoms with E-state index in [4.69, 9.17) is 19.3 Å². The smallest absolute Gasteiger partial charge is 0.0701 e. The Morgan fingerprint density at radius 1 is 1.00 bits per heavy atom. The Kier molecular flexibility index (Phi) is 10.3. The summed E-state index contributed by atoms with van der Waals surface area (Å²) < 4.78 is 16.0. The maximum Gasteiger partial charge on any atom is 0.0701 e. The molecule has 0 aromatic rings. The van der Waals surface area contributed by atoms with Crippen LogP contribution >= 0.6 is 0 Å². The molecule has 19 heavy (non-hydrogen) atoms. The summed E-state index contributed by atoms with van der Waals surface area (Å²) in [6.07, 6.45) is 3.92. The van der Waals surface area contributed by atoms with Crippen molar-refractivity contribution in [3.8, 4) is 0 Å². The Bertz CT molecular complexity index is 204. The molecule has 1 atom stereocenters. The van der Waals surface area contributed by atoms with Crippen LogP contribution in [0.4, 0.5) is 0 Å². The molecule has 0 bridgehead atoms. The number of rotatable bonds is 12. The summed E-state index contributed by atoms with van der Waals surface area (Å²) in [5.41, 5.74) is 0. The zero-order valence-electron chi connectivity index (χ0n) is 12.2. The number of aliphatic hydroxyl groups excluding tert-OH is 1.